The highest BCUT2D eigenvalue weighted by atomic mass is 16.5. The molecule has 0 rings (SSSR count). The van der Waals surface area contributed by atoms with Gasteiger partial charge in [-0.15, -0.1) is 0 Å². The number of ether oxygens (including phenoxy) is 2. The van der Waals surface area contributed by atoms with Crippen molar-refractivity contribution < 1.29 is 14.3 Å². The van der Waals surface area contributed by atoms with Crippen LogP contribution in [0.1, 0.15) is 53.4 Å². The molecule has 0 heterocycles. The van der Waals surface area contributed by atoms with Crippen molar-refractivity contribution in [1.82, 2.24) is 0 Å². The molecule has 0 aromatic rings. The van der Waals surface area contributed by atoms with Crippen LogP contribution in [0.25, 0.3) is 0 Å². The van der Waals surface area contributed by atoms with E-state index in [1.165, 1.54) is 0 Å². The molecule has 0 aliphatic heterocycles. The van der Waals surface area contributed by atoms with E-state index in [2.05, 4.69) is 20.8 Å². The number of rotatable bonds is 9. The summed E-state index contributed by atoms with van der Waals surface area (Å²) >= 11 is 0. The minimum absolute atomic E-state index is 0.0935. The number of hydrogen-bond acceptors (Lipinski definition) is 3. The fourth-order valence-corrected chi connectivity index (χ4v) is 2.33. The molecule has 0 N–H and O–H groups in total. The molecule has 0 amide bonds. The molecule has 1 atom stereocenters. The van der Waals surface area contributed by atoms with E-state index < -0.39 is 5.41 Å². The van der Waals surface area contributed by atoms with Crippen LogP contribution in [0.2, 0.25) is 0 Å². The Balaban J connectivity index is 4.85. The van der Waals surface area contributed by atoms with Crippen LogP contribution in [0.5, 0.6) is 0 Å². The Hall–Kier alpha value is -0.570. The Morgan fingerprint density at radius 3 is 2.35 bits per heavy atom. The maximum Gasteiger partial charge on any atom is 0.314 e. The number of unbranched alkanes of at least 4 members (excludes halogenated alkanes) is 1. The van der Waals surface area contributed by atoms with Gasteiger partial charge < -0.3 is 9.47 Å². The van der Waals surface area contributed by atoms with Crippen molar-refractivity contribution in [3.63, 3.8) is 0 Å². The van der Waals surface area contributed by atoms with E-state index in [0.717, 1.165) is 25.7 Å². The summed E-state index contributed by atoms with van der Waals surface area (Å²) in [7, 11) is 1.65. The van der Waals surface area contributed by atoms with Gasteiger partial charge in [0.1, 0.15) is 0 Å². The second kappa shape index (κ2) is 8.51. The van der Waals surface area contributed by atoms with E-state index in [0.29, 0.717) is 19.1 Å². The minimum Gasteiger partial charge on any atom is -0.465 e. The molecule has 0 radical (unpaired) electrons. The number of methoxy groups -OCH3 is 1. The maximum atomic E-state index is 12.2. The second-order valence-corrected chi connectivity index (χ2v) is 5.14. The van der Waals surface area contributed by atoms with Gasteiger partial charge in [0.2, 0.25) is 0 Å². The molecule has 0 saturated heterocycles. The molecule has 17 heavy (non-hydrogen) atoms. The standard InChI is InChI=1S/C14H28O3/c1-6-8-9-14(11-16-5,10-12(3)4)13(15)17-7-2/h12H,6-11H2,1-5H3. The molecular weight excluding hydrogens is 216 g/mol. The molecule has 102 valence electrons. The van der Waals surface area contributed by atoms with Crippen molar-refractivity contribution >= 4 is 5.97 Å². The Morgan fingerprint density at radius 2 is 1.94 bits per heavy atom. The Morgan fingerprint density at radius 1 is 1.29 bits per heavy atom. The topological polar surface area (TPSA) is 35.5 Å². The van der Waals surface area contributed by atoms with Crippen molar-refractivity contribution in [3.8, 4) is 0 Å². The third-order valence-electron chi connectivity index (χ3n) is 2.94. The smallest absolute Gasteiger partial charge is 0.314 e. The summed E-state index contributed by atoms with van der Waals surface area (Å²) in [4.78, 5) is 12.2. The molecule has 0 aliphatic rings. The molecule has 3 heteroatoms. The molecular formula is C14H28O3. The number of carbonyl (C=O) groups excluding carboxylic acids is 1. The fourth-order valence-electron chi connectivity index (χ4n) is 2.33. The van der Waals surface area contributed by atoms with Crippen LogP contribution in [-0.4, -0.2) is 26.3 Å². The van der Waals surface area contributed by atoms with Crippen LogP contribution in [0.3, 0.4) is 0 Å². The first-order valence-corrected chi connectivity index (χ1v) is 6.68. The van der Waals surface area contributed by atoms with E-state index in [1.54, 1.807) is 7.11 Å². The Bertz CT molecular complexity index is 214. The van der Waals surface area contributed by atoms with Crippen LogP contribution in [0.4, 0.5) is 0 Å². The zero-order valence-electron chi connectivity index (χ0n) is 12.0. The average Bonchev–Trinajstić information content (AvgIpc) is 2.25. The molecule has 0 aliphatic carbocycles. The summed E-state index contributed by atoms with van der Waals surface area (Å²) in [6.45, 7) is 9.16. The summed E-state index contributed by atoms with van der Waals surface area (Å²) in [6.07, 6.45) is 3.81. The summed E-state index contributed by atoms with van der Waals surface area (Å²) in [5.74, 6) is 0.371. The molecule has 3 nitrogen and oxygen atoms in total. The van der Waals surface area contributed by atoms with Crippen molar-refractivity contribution in [3.05, 3.63) is 0 Å². The van der Waals surface area contributed by atoms with Gasteiger partial charge in [0, 0.05) is 7.11 Å². The number of esters is 1. The lowest BCUT2D eigenvalue weighted by atomic mass is 9.76. The van der Waals surface area contributed by atoms with Gasteiger partial charge in [-0.2, -0.15) is 0 Å². The van der Waals surface area contributed by atoms with Crippen molar-refractivity contribution in [2.45, 2.75) is 53.4 Å². The molecule has 0 fully saturated rings. The normalized spacial score (nSPS) is 14.7. The van der Waals surface area contributed by atoms with Crippen molar-refractivity contribution in [2.24, 2.45) is 11.3 Å². The largest absolute Gasteiger partial charge is 0.465 e. The van der Waals surface area contributed by atoms with Gasteiger partial charge in [0.15, 0.2) is 0 Å². The van der Waals surface area contributed by atoms with Crippen LogP contribution in [-0.2, 0) is 14.3 Å². The third kappa shape index (κ3) is 5.53. The summed E-state index contributed by atoms with van der Waals surface area (Å²) in [6, 6.07) is 0. The molecule has 0 spiro atoms. The molecule has 0 saturated carbocycles. The average molecular weight is 244 g/mol. The van der Waals surface area contributed by atoms with Crippen LogP contribution in [0, 0.1) is 11.3 Å². The van der Waals surface area contributed by atoms with Crippen molar-refractivity contribution in [1.29, 1.82) is 0 Å². The Labute approximate surface area is 106 Å². The highest BCUT2D eigenvalue weighted by molar-refractivity contribution is 5.77. The van der Waals surface area contributed by atoms with E-state index in [9.17, 15) is 4.79 Å². The quantitative estimate of drug-likeness (QED) is 0.583. The van der Waals surface area contributed by atoms with Crippen LogP contribution < -0.4 is 0 Å². The minimum atomic E-state index is -0.449. The third-order valence-corrected chi connectivity index (χ3v) is 2.94. The monoisotopic (exact) mass is 244 g/mol. The van der Waals surface area contributed by atoms with E-state index in [1.807, 2.05) is 6.92 Å². The molecule has 1 unspecified atom stereocenters. The molecule has 0 bridgehead atoms. The first-order valence-electron chi connectivity index (χ1n) is 6.68. The van der Waals surface area contributed by atoms with Gasteiger partial charge in [0.05, 0.1) is 18.6 Å². The molecule has 0 aromatic carbocycles. The second-order valence-electron chi connectivity index (χ2n) is 5.14. The highest BCUT2D eigenvalue weighted by Crippen LogP contribution is 2.34. The number of hydrogen-bond donors (Lipinski definition) is 0. The van der Waals surface area contributed by atoms with E-state index in [4.69, 9.17) is 9.47 Å². The predicted molar refractivity (Wildman–Crippen MR) is 69.9 cm³/mol. The number of carbonyl (C=O) groups is 1. The van der Waals surface area contributed by atoms with Crippen LogP contribution in [0.15, 0.2) is 0 Å². The first-order chi connectivity index (χ1) is 8.02. The zero-order valence-corrected chi connectivity index (χ0v) is 12.0. The highest BCUT2D eigenvalue weighted by Gasteiger charge is 2.39. The molecule has 0 aromatic heterocycles. The van der Waals surface area contributed by atoms with Gasteiger partial charge in [-0.05, 0) is 25.7 Å². The van der Waals surface area contributed by atoms with Gasteiger partial charge >= 0.3 is 5.97 Å². The predicted octanol–water partition coefficient (Wildman–Crippen LogP) is 3.42. The lowest BCUT2D eigenvalue weighted by molar-refractivity contribution is -0.161. The van der Waals surface area contributed by atoms with Crippen LogP contribution >= 0.6 is 0 Å². The van der Waals surface area contributed by atoms with Gasteiger partial charge in [-0.1, -0.05) is 33.6 Å². The summed E-state index contributed by atoms with van der Waals surface area (Å²) < 4.78 is 10.5. The van der Waals surface area contributed by atoms with Gasteiger partial charge in [-0.3, -0.25) is 4.79 Å². The van der Waals surface area contributed by atoms with Gasteiger partial charge in [-0.25, -0.2) is 0 Å². The maximum absolute atomic E-state index is 12.2. The fraction of sp³-hybridized carbons (Fsp3) is 0.929. The Kier molecular flexibility index (Phi) is 8.23. The lowest BCUT2D eigenvalue weighted by Gasteiger charge is -2.32. The SMILES string of the molecule is CCCCC(COC)(CC(C)C)C(=O)OCC. The summed E-state index contributed by atoms with van der Waals surface area (Å²) in [5, 5.41) is 0. The summed E-state index contributed by atoms with van der Waals surface area (Å²) in [5.41, 5.74) is -0.449. The van der Waals surface area contributed by atoms with E-state index in [-0.39, 0.29) is 5.97 Å². The zero-order chi connectivity index (χ0) is 13.3. The van der Waals surface area contributed by atoms with Crippen molar-refractivity contribution in [2.75, 3.05) is 20.3 Å². The van der Waals surface area contributed by atoms with E-state index >= 15 is 0 Å². The first kappa shape index (κ1) is 16.4. The van der Waals surface area contributed by atoms with Gasteiger partial charge in [0.25, 0.3) is 0 Å². The lowest BCUT2D eigenvalue weighted by Crippen LogP contribution is -2.38.